The molecular formula is C13H9ClFN3O. The second kappa shape index (κ2) is 4.85. The Hall–Kier alpha value is -2.14. The van der Waals surface area contributed by atoms with Crippen LogP contribution in [0.15, 0.2) is 42.6 Å². The number of fused-ring (bicyclic) bond motifs is 1. The summed E-state index contributed by atoms with van der Waals surface area (Å²) >= 11 is 5.99. The molecule has 2 heterocycles. The van der Waals surface area contributed by atoms with Gasteiger partial charge in [0.2, 0.25) is 0 Å². The minimum Gasteiger partial charge on any atom is -0.485 e. The van der Waals surface area contributed by atoms with Crippen LogP contribution in [0, 0.1) is 5.82 Å². The first-order valence-electron chi connectivity index (χ1n) is 5.60. The van der Waals surface area contributed by atoms with Gasteiger partial charge in [-0.3, -0.25) is 0 Å². The zero-order chi connectivity index (χ0) is 13.2. The molecule has 0 unspecified atom stereocenters. The van der Waals surface area contributed by atoms with Gasteiger partial charge in [-0.1, -0.05) is 17.7 Å². The Morgan fingerprint density at radius 1 is 1.26 bits per heavy atom. The van der Waals surface area contributed by atoms with Crippen LogP contribution in [-0.4, -0.2) is 14.6 Å². The average molecular weight is 278 g/mol. The van der Waals surface area contributed by atoms with Crippen molar-refractivity contribution in [3.63, 3.8) is 0 Å². The van der Waals surface area contributed by atoms with Gasteiger partial charge in [0.15, 0.2) is 11.5 Å². The van der Waals surface area contributed by atoms with Gasteiger partial charge < -0.3 is 4.74 Å². The van der Waals surface area contributed by atoms with E-state index in [2.05, 4.69) is 10.1 Å². The van der Waals surface area contributed by atoms with Crippen molar-refractivity contribution in [2.24, 2.45) is 0 Å². The summed E-state index contributed by atoms with van der Waals surface area (Å²) in [6.07, 6.45) is 1.75. The van der Waals surface area contributed by atoms with E-state index in [0.29, 0.717) is 22.2 Å². The van der Waals surface area contributed by atoms with Crippen LogP contribution < -0.4 is 4.74 Å². The standard InChI is InChI=1S/C13H9ClFN3O/c14-11-5-2-6-18-13(11)16-12(17-18)8-19-10-4-1-3-9(15)7-10/h1-7H,8H2. The first-order chi connectivity index (χ1) is 9.22. The zero-order valence-electron chi connectivity index (χ0n) is 9.75. The largest absolute Gasteiger partial charge is 0.485 e. The third-order valence-electron chi connectivity index (χ3n) is 2.52. The number of aromatic nitrogens is 3. The molecule has 0 N–H and O–H groups in total. The number of hydrogen-bond acceptors (Lipinski definition) is 3. The summed E-state index contributed by atoms with van der Waals surface area (Å²) in [4.78, 5) is 4.25. The number of nitrogens with zero attached hydrogens (tertiary/aromatic N) is 3. The monoisotopic (exact) mass is 277 g/mol. The number of pyridine rings is 1. The number of ether oxygens (including phenoxy) is 1. The summed E-state index contributed by atoms with van der Waals surface area (Å²) < 4.78 is 20.0. The molecule has 0 bridgehead atoms. The lowest BCUT2D eigenvalue weighted by atomic mass is 10.3. The molecule has 3 rings (SSSR count). The quantitative estimate of drug-likeness (QED) is 0.738. The summed E-state index contributed by atoms with van der Waals surface area (Å²) in [5, 5.41) is 4.73. The molecule has 0 aliphatic carbocycles. The second-order valence-corrected chi connectivity index (χ2v) is 4.31. The van der Waals surface area contributed by atoms with E-state index in [1.807, 2.05) is 0 Å². The van der Waals surface area contributed by atoms with Gasteiger partial charge in [0.05, 0.1) is 5.02 Å². The fraction of sp³-hybridized carbons (Fsp3) is 0.0769. The van der Waals surface area contributed by atoms with E-state index in [4.69, 9.17) is 16.3 Å². The van der Waals surface area contributed by atoms with Gasteiger partial charge in [-0.05, 0) is 24.3 Å². The van der Waals surface area contributed by atoms with Crippen molar-refractivity contribution in [1.82, 2.24) is 14.6 Å². The maximum absolute atomic E-state index is 13.0. The molecule has 3 aromatic rings. The normalized spacial score (nSPS) is 10.8. The van der Waals surface area contributed by atoms with Crippen LogP contribution in [-0.2, 0) is 6.61 Å². The Balaban J connectivity index is 1.80. The van der Waals surface area contributed by atoms with Gasteiger partial charge in [0.25, 0.3) is 0 Å². The average Bonchev–Trinajstić information content (AvgIpc) is 2.81. The second-order valence-electron chi connectivity index (χ2n) is 3.90. The molecule has 4 nitrogen and oxygen atoms in total. The van der Waals surface area contributed by atoms with Crippen LogP contribution in [0.4, 0.5) is 4.39 Å². The molecule has 0 saturated carbocycles. The van der Waals surface area contributed by atoms with Gasteiger partial charge in [0.1, 0.15) is 18.2 Å². The Labute approximate surface area is 113 Å². The molecule has 2 aromatic heterocycles. The molecule has 0 aliphatic rings. The molecule has 0 radical (unpaired) electrons. The molecule has 0 atom stereocenters. The molecule has 0 aliphatic heterocycles. The summed E-state index contributed by atoms with van der Waals surface area (Å²) in [5.41, 5.74) is 0.571. The van der Waals surface area contributed by atoms with E-state index >= 15 is 0 Å². The van der Waals surface area contributed by atoms with Crippen molar-refractivity contribution < 1.29 is 9.13 Å². The van der Waals surface area contributed by atoms with Crippen molar-refractivity contribution >= 4 is 17.2 Å². The van der Waals surface area contributed by atoms with E-state index in [-0.39, 0.29) is 12.4 Å². The van der Waals surface area contributed by atoms with Gasteiger partial charge >= 0.3 is 0 Å². The highest BCUT2D eigenvalue weighted by Crippen LogP contribution is 2.16. The molecule has 6 heteroatoms. The van der Waals surface area contributed by atoms with Crippen LogP contribution in [0.1, 0.15) is 5.82 Å². The molecule has 19 heavy (non-hydrogen) atoms. The SMILES string of the molecule is Fc1cccc(OCc2nc3c(Cl)cccn3n2)c1. The fourth-order valence-electron chi connectivity index (χ4n) is 1.68. The Morgan fingerprint density at radius 2 is 2.16 bits per heavy atom. The Kier molecular flexibility index (Phi) is 3.05. The maximum Gasteiger partial charge on any atom is 0.189 e. The minimum absolute atomic E-state index is 0.154. The molecule has 1 aromatic carbocycles. The highest BCUT2D eigenvalue weighted by Gasteiger charge is 2.07. The predicted molar refractivity (Wildman–Crippen MR) is 68.7 cm³/mol. The van der Waals surface area contributed by atoms with Gasteiger partial charge in [0, 0.05) is 12.3 Å². The van der Waals surface area contributed by atoms with Crippen molar-refractivity contribution in [1.29, 1.82) is 0 Å². The van der Waals surface area contributed by atoms with Crippen LogP contribution in [0.5, 0.6) is 5.75 Å². The van der Waals surface area contributed by atoms with Crippen LogP contribution in [0.3, 0.4) is 0 Å². The Bertz CT molecular complexity index is 729. The molecule has 0 amide bonds. The fourth-order valence-corrected chi connectivity index (χ4v) is 1.89. The molecule has 0 spiro atoms. The lowest BCUT2D eigenvalue weighted by Crippen LogP contribution is -1.98. The van der Waals surface area contributed by atoms with E-state index in [0.717, 1.165) is 0 Å². The lowest BCUT2D eigenvalue weighted by molar-refractivity contribution is 0.294. The van der Waals surface area contributed by atoms with E-state index in [1.165, 1.54) is 12.1 Å². The number of benzene rings is 1. The summed E-state index contributed by atoms with van der Waals surface area (Å²) in [7, 11) is 0. The van der Waals surface area contributed by atoms with Gasteiger partial charge in [-0.15, -0.1) is 5.10 Å². The molecule has 0 saturated heterocycles. The summed E-state index contributed by atoms with van der Waals surface area (Å²) in [6, 6.07) is 9.44. The molecule has 0 fully saturated rings. The smallest absolute Gasteiger partial charge is 0.189 e. The van der Waals surface area contributed by atoms with Crippen LogP contribution in [0.2, 0.25) is 5.02 Å². The number of halogens is 2. The van der Waals surface area contributed by atoms with Gasteiger partial charge in [-0.2, -0.15) is 0 Å². The lowest BCUT2D eigenvalue weighted by Gasteiger charge is -2.02. The summed E-state index contributed by atoms with van der Waals surface area (Å²) in [5.74, 6) is 0.575. The van der Waals surface area contributed by atoms with E-state index in [1.54, 1.807) is 35.0 Å². The van der Waals surface area contributed by atoms with Crippen molar-refractivity contribution in [2.45, 2.75) is 6.61 Å². The Morgan fingerprint density at radius 3 is 2.95 bits per heavy atom. The van der Waals surface area contributed by atoms with Crippen molar-refractivity contribution in [3.05, 3.63) is 59.3 Å². The zero-order valence-corrected chi connectivity index (χ0v) is 10.5. The number of hydrogen-bond donors (Lipinski definition) is 0. The van der Waals surface area contributed by atoms with Crippen molar-refractivity contribution in [2.75, 3.05) is 0 Å². The van der Waals surface area contributed by atoms with Crippen LogP contribution >= 0.6 is 11.6 Å². The first kappa shape index (κ1) is 11.9. The predicted octanol–water partition coefficient (Wildman–Crippen LogP) is 3.10. The molecular weight excluding hydrogens is 269 g/mol. The molecule has 96 valence electrons. The maximum atomic E-state index is 13.0. The van der Waals surface area contributed by atoms with Gasteiger partial charge in [-0.25, -0.2) is 13.9 Å². The van der Waals surface area contributed by atoms with Crippen LogP contribution in [0.25, 0.3) is 5.65 Å². The first-order valence-corrected chi connectivity index (χ1v) is 5.98. The third-order valence-corrected chi connectivity index (χ3v) is 2.82. The van der Waals surface area contributed by atoms with E-state index < -0.39 is 0 Å². The number of rotatable bonds is 3. The minimum atomic E-state index is -0.344. The van der Waals surface area contributed by atoms with Crippen molar-refractivity contribution in [3.8, 4) is 5.75 Å². The third kappa shape index (κ3) is 2.51. The highest BCUT2D eigenvalue weighted by molar-refractivity contribution is 6.33. The van der Waals surface area contributed by atoms with E-state index in [9.17, 15) is 4.39 Å². The summed E-state index contributed by atoms with van der Waals surface area (Å²) in [6.45, 7) is 0.154. The highest BCUT2D eigenvalue weighted by atomic mass is 35.5. The topological polar surface area (TPSA) is 39.4 Å².